The van der Waals surface area contributed by atoms with Gasteiger partial charge in [0.1, 0.15) is 0 Å². The smallest absolute Gasteiger partial charge is 0.0702 e. The highest BCUT2D eigenvalue weighted by molar-refractivity contribution is 5.85. The molecule has 1 unspecified atom stereocenters. The number of pyridine rings is 1. The number of rotatable bonds is 4. The number of nitrogens with two attached hydrogens (primary N) is 1. The first-order chi connectivity index (χ1) is 9.85. The van der Waals surface area contributed by atoms with Gasteiger partial charge in [0, 0.05) is 24.7 Å². The van der Waals surface area contributed by atoms with Gasteiger partial charge >= 0.3 is 0 Å². The third-order valence-corrected chi connectivity index (χ3v) is 4.23. The summed E-state index contributed by atoms with van der Waals surface area (Å²) in [5.41, 5.74) is 8.09. The fraction of sp³-hybridized carbons (Fsp3) is 0.471. The number of benzene rings is 1. The highest BCUT2D eigenvalue weighted by atomic mass is 35.5. The normalized spacial score (nSPS) is 19.4. The van der Waals surface area contributed by atoms with E-state index in [0.29, 0.717) is 0 Å². The van der Waals surface area contributed by atoms with Crippen molar-refractivity contribution in [3.05, 3.63) is 42.1 Å². The summed E-state index contributed by atoms with van der Waals surface area (Å²) >= 11 is 0. The van der Waals surface area contributed by atoms with Crippen LogP contribution in [0.3, 0.4) is 0 Å². The molecule has 1 fully saturated rings. The first kappa shape index (κ1) is 16.2. The lowest BCUT2D eigenvalue weighted by Gasteiger charge is -2.32. The number of piperidine rings is 1. The molecule has 4 heteroatoms. The minimum absolute atomic E-state index is 0. The molecular formula is C17H24ClN3. The van der Waals surface area contributed by atoms with Gasteiger partial charge in [-0.25, -0.2) is 0 Å². The monoisotopic (exact) mass is 305 g/mol. The second kappa shape index (κ2) is 7.74. The molecule has 0 spiro atoms. The Bertz CT molecular complexity index is 571. The summed E-state index contributed by atoms with van der Waals surface area (Å²) in [7, 11) is 0. The minimum atomic E-state index is 0. The molecule has 2 aromatic rings. The van der Waals surface area contributed by atoms with Gasteiger partial charge in [0.05, 0.1) is 5.52 Å². The Balaban J connectivity index is 0.00000161. The van der Waals surface area contributed by atoms with Gasteiger partial charge in [0.2, 0.25) is 0 Å². The lowest BCUT2D eigenvalue weighted by Crippen LogP contribution is -2.35. The predicted molar refractivity (Wildman–Crippen MR) is 90.7 cm³/mol. The molecule has 0 amide bonds. The van der Waals surface area contributed by atoms with Crippen molar-refractivity contribution in [3.8, 4) is 0 Å². The van der Waals surface area contributed by atoms with Crippen LogP contribution in [-0.2, 0) is 6.54 Å². The fourth-order valence-electron chi connectivity index (χ4n) is 3.23. The number of hydrogen-bond donors (Lipinski definition) is 1. The van der Waals surface area contributed by atoms with E-state index in [4.69, 9.17) is 5.73 Å². The Hall–Kier alpha value is -1.16. The molecule has 0 aliphatic carbocycles. The minimum Gasteiger partial charge on any atom is -0.330 e. The zero-order valence-corrected chi connectivity index (χ0v) is 13.2. The lowest BCUT2D eigenvalue weighted by atomic mass is 9.94. The number of nitrogens with zero attached hydrogens (tertiary/aromatic N) is 2. The van der Waals surface area contributed by atoms with E-state index in [9.17, 15) is 0 Å². The largest absolute Gasteiger partial charge is 0.330 e. The van der Waals surface area contributed by atoms with Crippen molar-refractivity contribution in [1.29, 1.82) is 0 Å². The van der Waals surface area contributed by atoms with Crippen LogP contribution < -0.4 is 5.73 Å². The molecule has 1 aromatic carbocycles. The quantitative estimate of drug-likeness (QED) is 0.943. The van der Waals surface area contributed by atoms with E-state index in [1.54, 1.807) is 0 Å². The average Bonchev–Trinajstić information content (AvgIpc) is 2.48. The number of para-hydroxylation sites is 1. The Morgan fingerprint density at radius 3 is 3.00 bits per heavy atom. The standard InChI is InChI=1S/C17H23N3.ClH/c18-8-7-14-4-3-9-20(12-14)13-15-10-16-5-1-2-6-17(16)19-11-15;/h1-2,5-6,10-11,14H,3-4,7-9,12-13,18H2;1H. The van der Waals surface area contributed by atoms with Crippen molar-refractivity contribution in [3.63, 3.8) is 0 Å². The molecular weight excluding hydrogens is 282 g/mol. The second-order valence-electron chi connectivity index (χ2n) is 5.86. The topological polar surface area (TPSA) is 42.1 Å². The SMILES string of the molecule is Cl.NCCC1CCCN(Cc2cnc3ccccc3c2)C1. The summed E-state index contributed by atoms with van der Waals surface area (Å²) in [6, 6.07) is 10.6. The molecule has 0 bridgehead atoms. The Kier molecular flexibility index (Phi) is 5.97. The van der Waals surface area contributed by atoms with Gasteiger partial charge in [0.25, 0.3) is 0 Å². The van der Waals surface area contributed by atoms with Gasteiger partial charge in [0.15, 0.2) is 0 Å². The fourth-order valence-corrected chi connectivity index (χ4v) is 3.23. The number of fused-ring (bicyclic) bond motifs is 1. The van der Waals surface area contributed by atoms with Crippen LogP contribution in [0.2, 0.25) is 0 Å². The Labute approximate surface area is 132 Å². The molecule has 1 aliphatic rings. The molecule has 3 nitrogen and oxygen atoms in total. The van der Waals surface area contributed by atoms with E-state index in [0.717, 1.165) is 30.9 Å². The van der Waals surface area contributed by atoms with E-state index in [1.807, 2.05) is 12.3 Å². The maximum absolute atomic E-state index is 5.69. The Morgan fingerprint density at radius 2 is 2.14 bits per heavy atom. The van der Waals surface area contributed by atoms with Gasteiger partial charge in [-0.2, -0.15) is 0 Å². The molecule has 1 atom stereocenters. The highest BCUT2D eigenvalue weighted by Gasteiger charge is 2.19. The van der Waals surface area contributed by atoms with Crippen molar-refractivity contribution >= 4 is 23.3 Å². The zero-order chi connectivity index (χ0) is 13.8. The van der Waals surface area contributed by atoms with Crippen LogP contribution in [0.5, 0.6) is 0 Å². The number of aromatic nitrogens is 1. The summed E-state index contributed by atoms with van der Waals surface area (Å²) in [4.78, 5) is 7.11. The van der Waals surface area contributed by atoms with E-state index in [1.165, 1.54) is 36.9 Å². The van der Waals surface area contributed by atoms with Crippen molar-refractivity contribution in [2.75, 3.05) is 19.6 Å². The van der Waals surface area contributed by atoms with Gasteiger partial charge < -0.3 is 5.73 Å². The molecule has 1 saturated heterocycles. The van der Waals surface area contributed by atoms with Crippen molar-refractivity contribution in [1.82, 2.24) is 9.88 Å². The number of halogens is 1. The molecule has 114 valence electrons. The van der Waals surface area contributed by atoms with Crippen LogP contribution in [0.4, 0.5) is 0 Å². The van der Waals surface area contributed by atoms with Crippen LogP contribution in [0.1, 0.15) is 24.8 Å². The lowest BCUT2D eigenvalue weighted by molar-refractivity contribution is 0.163. The summed E-state index contributed by atoms with van der Waals surface area (Å²) < 4.78 is 0. The van der Waals surface area contributed by atoms with Gasteiger partial charge in [-0.3, -0.25) is 9.88 Å². The molecule has 2 heterocycles. The molecule has 0 radical (unpaired) electrons. The third kappa shape index (κ3) is 4.16. The average molecular weight is 306 g/mol. The van der Waals surface area contributed by atoms with Crippen LogP contribution in [-0.4, -0.2) is 29.5 Å². The summed E-state index contributed by atoms with van der Waals surface area (Å²) in [5, 5.41) is 1.24. The van der Waals surface area contributed by atoms with Gasteiger partial charge in [-0.05, 0) is 56.0 Å². The van der Waals surface area contributed by atoms with Gasteiger partial charge in [-0.1, -0.05) is 18.2 Å². The van der Waals surface area contributed by atoms with E-state index < -0.39 is 0 Å². The van der Waals surface area contributed by atoms with Crippen molar-refractivity contribution in [2.24, 2.45) is 11.7 Å². The first-order valence-electron chi connectivity index (χ1n) is 7.61. The van der Waals surface area contributed by atoms with Crippen molar-refractivity contribution in [2.45, 2.75) is 25.8 Å². The van der Waals surface area contributed by atoms with Crippen molar-refractivity contribution < 1.29 is 0 Å². The summed E-state index contributed by atoms with van der Waals surface area (Å²) in [6.07, 6.45) is 5.82. The molecule has 1 aliphatic heterocycles. The van der Waals surface area contributed by atoms with Crippen LogP contribution >= 0.6 is 12.4 Å². The summed E-state index contributed by atoms with van der Waals surface area (Å²) in [5.74, 6) is 0.780. The highest BCUT2D eigenvalue weighted by Crippen LogP contribution is 2.21. The molecule has 3 rings (SSSR count). The predicted octanol–water partition coefficient (Wildman–Crippen LogP) is 3.22. The van der Waals surface area contributed by atoms with Gasteiger partial charge in [-0.15, -0.1) is 12.4 Å². The molecule has 0 saturated carbocycles. The van der Waals surface area contributed by atoms with Crippen LogP contribution in [0, 0.1) is 5.92 Å². The number of likely N-dealkylation sites (tertiary alicyclic amines) is 1. The van der Waals surface area contributed by atoms with E-state index in [-0.39, 0.29) is 12.4 Å². The first-order valence-corrected chi connectivity index (χ1v) is 7.61. The van der Waals surface area contributed by atoms with E-state index >= 15 is 0 Å². The van der Waals surface area contributed by atoms with Crippen LogP contribution in [0.25, 0.3) is 10.9 Å². The maximum atomic E-state index is 5.69. The maximum Gasteiger partial charge on any atom is 0.0702 e. The second-order valence-corrected chi connectivity index (χ2v) is 5.86. The zero-order valence-electron chi connectivity index (χ0n) is 12.4. The third-order valence-electron chi connectivity index (χ3n) is 4.23. The summed E-state index contributed by atoms with van der Waals surface area (Å²) in [6.45, 7) is 4.22. The van der Waals surface area contributed by atoms with Crippen LogP contribution in [0.15, 0.2) is 36.5 Å². The molecule has 1 aromatic heterocycles. The molecule has 2 N–H and O–H groups in total. The molecule has 21 heavy (non-hydrogen) atoms. The number of hydrogen-bond acceptors (Lipinski definition) is 3. The Morgan fingerprint density at radius 1 is 1.29 bits per heavy atom. The van der Waals surface area contributed by atoms with E-state index in [2.05, 4.69) is 34.1 Å².